The van der Waals surface area contributed by atoms with Crippen molar-refractivity contribution < 1.29 is 19.1 Å². The summed E-state index contributed by atoms with van der Waals surface area (Å²) in [5.74, 6) is -0.136. The maximum Gasteiger partial charge on any atom is 0.321 e. The van der Waals surface area contributed by atoms with Crippen LogP contribution in [-0.2, 0) is 14.3 Å². The van der Waals surface area contributed by atoms with E-state index >= 15 is 0 Å². The average Bonchev–Trinajstić information content (AvgIpc) is 2.86. The van der Waals surface area contributed by atoms with Gasteiger partial charge in [-0.15, -0.1) is 0 Å². The monoisotopic (exact) mass is 507 g/mol. The summed E-state index contributed by atoms with van der Waals surface area (Å²) >= 11 is 0. The lowest BCUT2D eigenvalue weighted by Crippen LogP contribution is -2.50. The molecule has 1 aliphatic carbocycles. The second-order valence-corrected chi connectivity index (χ2v) is 9.75. The number of benzene rings is 2. The van der Waals surface area contributed by atoms with Gasteiger partial charge in [-0.3, -0.25) is 9.59 Å². The Hall–Kier alpha value is -3.59. The van der Waals surface area contributed by atoms with Crippen molar-refractivity contribution in [1.82, 2.24) is 9.80 Å². The van der Waals surface area contributed by atoms with Crippen molar-refractivity contribution in [2.45, 2.75) is 26.2 Å². The Balaban J connectivity index is 1.25. The molecule has 198 valence electrons. The Morgan fingerprint density at radius 2 is 1.70 bits per heavy atom. The first-order valence-corrected chi connectivity index (χ1v) is 13.0. The van der Waals surface area contributed by atoms with Crippen LogP contribution < -0.4 is 15.5 Å². The van der Waals surface area contributed by atoms with Gasteiger partial charge >= 0.3 is 6.03 Å². The zero-order valence-corrected chi connectivity index (χ0v) is 21.7. The maximum atomic E-state index is 12.7. The predicted molar refractivity (Wildman–Crippen MR) is 145 cm³/mol. The van der Waals surface area contributed by atoms with Crippen LogP contribution in [0.2, 0.25) is 0 Å². The largest absolute Gasteiger partial charge is 0.383 e. The zero-order chi connectivity index (χ0) is 26.2. The third-order valence-electron chi connectivity index (χ3n) is 7.02. The summed E-state index contributed by atoms with van der Waals surface area (Å²) in [7, 11) is 1.59. The number of hydrogen-bond donors (Lipinski definition) is 2. The fraction of sp³-hybridized carbons (Fsp3) is 0.464. The number of aryl methyl sites for hydroxylation is 1. The molecule has 2 aliphatic rings. The molecule has 0 bridgehead atoms. The van der Waals surface area contributed by atoms with Gasteiger partial charge in [-0.2, -0.15) is 0 Å². The van der Waals surface area contributed by atoms with Crippen molar-refractivity contribution >= 4 is 34.9 Å². The Morgan fingerprint density at radius 3 is 2.32 bits per heavy atom. The van der Waals surface area contributed by atoms with Crippen LogP contribution in [0.25, 0.3) is 0 Å². The summed E-state index contributed by atoms with van der Waals surface area (Å²) in [6.45, 7) is 5.54. The molecule has 9 heteroatoms. The van der Waals surface area contributed by atoms with Crippen LogP contribution >= 0.6 is 0 Å². The molecule has 2 aromatic rings. The smallest absolute Gasteiger partial charge is 0.321 e. The summed E-state index contributed by atoms with van der Waals surface area (Å²) in [5, 5.41) is 5.88. The molecule has 0 aromatic heterocycles. The molecule has 1 aliphatic heterocycles. The highest BCUT2D eigenvalue weighted by Crippen LogP contribution is 2.28. The van der Waals surface area contributed by atoms with Gasteiger partial charge in [-0.25, -0.2) is 4.79 Å². The third kappa shape index (κ3) is 7.22. The van der Waals surface area contributed by atoms with E-state index in [0.29, 0.717) is 31.9 Å². The average molecular weight is 508 g/mol. The van der Waals surface area contributed by atoms with Crippen molar-refractivity contribution in [2.24, 2.45) is 5.92 Å². The Morgan fingerprint density at radius 1 is 0.973 bits per heavy atom. The van der Waals surface area contributed by atoms with Crippen LogP contribution in [0.4, 0.5) is 21.9 Å². The number of piperazine rings is 1. The van der Waals surface area contributed by atoms with Crippen molar-refractivity contribution in [2.75, 3.05) is 68.5 Å². The van der Waals surface area contributed by atoms with Crippen molar-refractivity contribution in [3.63, 3.8) is 0 Å². The number of nitrogens with zero attached hydrogens (tertiary/aromatic N) is 3. The Bertz CT molecular complexity index is 1080. The van der Waals surface area contributed by atoms with E-state index < -0.39 is 0 Å². The van der Waals surface area contributed by atoms with E-state index in [1.54, 1.807) is 12.0 Å². The first-order chi connectivity index (χ1) is 17.9. The number of methoxy groups -OCH3 is 1. The summed E-state index contributed by atoms with van der Waals surface area (Å²) in [5.41, 5.74) is 3.64. The van der Waals surface area contributed by atoms with Gasteiger partial charge in [0.05, 0.1) is 13.2 Å². The fourth-order valence-corrected chi connectivity index (χ4v) is 4.60. The van der Waals surface area contributed by atoms with E-state index in [4.69, 9.17) is 4.74 Å². The second-order valence-electron chi connectivity index (χ2n) is 9.75. The number of amides is 4. The number of urea groups is 1. The molecule has 1 saturated carbocycles. The first kappa shape index (κ1) is 26.5. The van der Waals surface area contributed by atoms with E-state index in [1.807, 2.05) is 60.4 Å². The fourth-order valence-electron chi connectivity index (χ4n) is 4.60. The number of ether oxygens (including phenoxy) is 1. The predicted octanol–water partition coefficient (Wildman–Crippen LogP) is 3.56. The maximum absolute atomic E-state index is 12.7. The lowest BCUT2D eigenvalue weighted by Gasteiger charge is -2.36. The summed E-state index contributed by atoms with van der Waals surface area (Å²) in [6, 6.07) is 15.4. The van der Waals surface area contributed by atoms with Crippen LogP contribution in [-0.4, -0.2) is 80.6 Å². The lowest BCUT2D eigenvalue weighted by molar-refractivity contribution is -0.141. The summed E-state index contributed by atoms with van der Waals surface area (Å²) in [6.07, 6.45) is 2.87. The molecule has 4 amide bonds. The van der Waals surface area contributed by atoms with Crippen molar-refractivity contribution in [3.05, 3.63) is 54.1 Å². The van der Waals surface area contributed by atoms with Gasteiger partial charge in [-0.1, -0.05) is 18.6 Å². The highest BCUT2D eigenvalue weighted by molar-refractivity contribution is 5.95. The van der Waals surface area contributed by atoms with Crippen LogP contribution in [0, 0.1) is 12.8 Å². The van der Waals surface area contributed by atoms with Gasteiger partial charge < -0.3 is 30.1 Å². The molecule has 1 heterocycles. The molecule has 2 aromatic carbocycles. The van der Waals surface area contributed by atoms with Crippen molar-refractivity contribution in [1.29, 1.82) is 0 Å². The van der Waals surface area contributed by atoms with Gasteiger partial charge in [0, 0.05) is 62.8 Å². The van der Waals surface area contributed by atoms with Gasteiger partial charge in [0.15, 0.2) is 0 Å². The highest BCUT2D eigenvalue weighted by Gasteiger charge is 2.30. The van der Waals surface area contributed by atoms with Gasteiger partial charge in [-0.05, 0) is 61.7 Å². The third-order valence-corrected chi connectivity index (χ3v) is 7.02. The van der Waals surface area contributed by atoms with Crippen LogP contribution in [0.5, 0.6) is 0 Å². The number of anilines is 3. The molecule has 2 fully saturated rings. The minimum absolute atomic E-state index is 0.0209. The standard InChI is InChI=1S/C28H37N5O4/c1-21-5-3-8-24(19-21)30-28(36)32-15-13-31(14-16-32)25-11-9-23(10-12-25)29-26(34)20-33(17-18-37-2)27(35)22-6-4-7-22/h3,5,8-12,19,22H,4,6-7,13-18,20H2,1-2H3,(H,29,34)(H,30,36). The SMILES string of the molecule is COCCN(CC(=O)Nc1ccc(N2CCN(C(=O)Nc3cccc(C)c3)CC2)cc1)C(=O)C1CCC1. The minimum Gasteiger partial charge on any atom is -0.383 e. The first-order valence-electron chi connectivity index (χ1n) is 13.0. The molecule has 1 saturated heterocycles. The van der Waals surface area contributed by atoms with Gasteiger partial charge in [0.25, 0.3) is 0 Å². The van der Waals surface area contributed by atoms with Crippen LogP contribution in [0.3, 0.4) is 0 Å². The molecule has 9 nitrogen and oxygen atoms in total. The molecule has 4 rings (SSSR count). The van der Waals surface area contributed by atoms with E-state index in [2.05, 4.69) is 15.5 Å². The highest BCUT2D eigenvalue weighted by atomic mass is 16.5. The number of hydrogen-bond acceptors (Lipinski definition) is 5. The molecule has 2 N–H and O–H groups in total. The molecule has 0 unspecified atom stereocenters. The molecule has 0 radical (unpaired) electrons. The number of rotatable bonds is 9. The van der Waals surface area contributed by atoms with E-state index in [9.17, 15) is 14.4 Å². The van der Waals surface area contributed by atoms with E-state index in [0.717, 1.165) is 49.3 Å². The van der Waals surface area contributed by atoms with Crippen LogP contribution in [0.15, 0.2) is 48.5 Å². The summed E-state index contributed by atoms with van der Waals surface area (Å²) < 4.78 is 5.12. The number of carbonyl (C=O) groups excluding carboxylic acids is 3. The molecule has 37 heavy (non-hydrogen) atoms. The van der Waals surface area contributed by atoms with Crippen LogP contribution in [0.1, 0.15) is 24.8 Å². The molecular weight excluding hydrogens is 470 g/mol. The second kappa shape index (κ2) is 12.6. The number of carbonyl (C=O) groups is 3. The molecule has 0 atom stereocenters. The Kier molecular flexibility index (Phi) is 9.00. The van der Waals surface area contributed by atoms with E-state index in [1.165, 1.54) is 0 Å². The summed E-state index contributed by atoms with van der Waals surface area (Å²) in [4.78, 5) is 43.6. The topological polar surface area (TPSA) is 94.2 Å². The minimum atomic E-state index is -0.218. The van der Waals surface area contributed by atoms with E-state index in [-0.39, 0.29) is 30.3 Å². The lowest BCUT2D eigenvalue weighted by atomic mass is 9.84. The van der Waals surface area contributed by atoms with Crippen molar-refractivity contribution in [3.8, 4) is 0 Å². The number of nitrogens with one attached hydrogen (secondary N) is 2. The normalized spacial score (nSPS) is 15.6. The van der Waals surface area contributed by atoms with Gasteiger partial charge in [0.1, 0.15) is 0 Å². The Labute approximate surface area is 218 Å². The van der Waals surface area contributed by atoms with Gasteiger partial charge in [0.2, 0.25) is 11.8 Å². The zero-order valence-electron chi connectivity index (χ0n) is 21.7. The molecule has 0 spiro atoms. The quantitative estimate of drug-likeness (QED) is 0.541. The molecular formula is C28H37N5O4.